The Hall–Kier alpha value is -3.44. The first-order valence-corrected chi connectivity index (χ1v) is 14.3. The number of anilines is 2. The number of hydrogen-bond donors (Lipinski definition) is 1. The number of nitrogens with zero attached hydrogens (tertiary/aromatic N) is 3. The van der Waals surface area contributed by atoms with Gasteiger partial charge in [0.2, 0.25) is 15.9 Å². The van der Waals surface area contributed by atoms with Gasteiger partial charge in [-0.3, -0.25) is 14.4 Å². The van der Waals surface area contributed by atoms with Gasteiger partial charge in [0, 0.05) is 56.6 Å². The fourth-order valence-electron chi connectivity index (χ4n) is 5.35. The normalized spacial score (nSPS) is 20.4. The Balaban J connectivity index is 1.24. The second-order valence-electron chi connectivity index (χ2n) is 10.1. The molecule has 38 heavy (non-hydrogen) atoms. The number of benzene rings is 2. The van der Waals surface area contributed by atoms with Gasteiger partial charge < -0.3 is 19.9 Å². The monoisotopic (exact) mass is 540 g/mol. The minimum absolute atomic E-state index is 0.00955. The van der Waals surface area contributed by atoms with Crippen molar-refractivity contribution in [2.75, 3.05) is 56.1 Å². The number of carbonyl (C=O) groups excluding carboxylic acids is 3. The Morgan fingerprint density at radius 1 is 1.03 bits per heavy atom. The lowest BCUT2D eigenvalue weighted by molar-refractivity contribution is -0.137. The molecule has 0 radical (unpaired) electrons. The van der Waals surface area contributed by atoms with Gasteiger partial charge in [0.1, 0.15) is 5.75 Å². The van der Waals surface area contributed by atoms with Gasteiger partial charge in [0.15, 0.2) is 12.4 Å². The summed E-state index contributed by atoms with van der Waals surface area (Å²) in [5.41, 5.74) is 2.65. The van der Waals surface area contributed by atoms with E-state index < -0.39 is 15.9 Å². The molecule has 5 rings (SSSR count). The van der Waals surface area contributed by atoms with Crippen LogP contribution in [-0.4, -0.2) is 81.1 Å². The molecular formula is C27H32N4O6S. The molecule has 0 saturated carbocycles. The molecule has 0 aromatic heterocycles. The summed E-state index contributed by atoms with van der Waals surface area (Å²) >= 11 is 0. The highest BCUT2D eigenvalue weighted by molar-refractivity contribution is 7.89. The Bertz CT molecular complexity index is 1370. The van der Waals surface area contributed by atoms with Crippen molar-refractivity contribution in [3.8, 4) is 5.75 Å². The van der Waals surface area contributed by atoms with E-state index in [1.54, 1.807) is 19.9 Å². The van der Waals surface area contributed by atoms with Crippen LogP contribution in [0.15, 0.2) is 41.3 Å². The third-order valence-corrected chi connectivity index (χ3v) is 9.50. The summed E-state index contributed by atoms with van der Waals surface area (Å²) < 4.78 is 34.0. The molecule has 3 heterocycles. The van der Waals surface area contributed by atoms with Crippen LogP contribution >= 0.6 is 0 Å². The SMILES string of the molecule is CC(=O)c1ccc(N2CCN(C(=O)[C@H]3CCCN(S(=O)(=O)c4cc5c(cc4C)NC(=O)CO5)C3)CC2)cc1. The number of rotatable bonds is 5. The van der Waals surface area contributed by atoms with Crippen molar-refractivity contribution < 1.29 is 27.5 Å². The number of ether oxygens (including phenoxy) is 1. The van der Waals surface area contributed by atoms with Crippen LogP contribution < -0.4 is 15.0 Å². The smallest absolute Gasteiger partial charge is 0.262 e. The number of aryl methyl sites for hydroxylation is 1. The number of sulfonamides is 1. The van der Waals surface area contributed by atoms with Crippen molar-refractivity contribution in [1.29, 1.82) is 0 Å². The first kappa shape index (κ1) is 26.2. The van der Waals surface area contributed by atoms with Gasteiger partial charge in [-0.1, -0.05) is 0 Å². The van der Waals surface area contributed by atoms with Crippen LogP contribution in [0.1, 0.15) is 35.7 Å². The van der Waals surface area contributed by atoms with E-state index in [1.165, 1.54) is 10.4 Å². The Labute approximate surface area is 222 Å². The second-order valence-corrected chi connectivity index (χ2v) is 12.0. The quantitative estimate of drug-likeness (QED) is 0.579. The Morgan fingerprint density at radius 3 is 2.42 bits per heavy atom. The Kier molecular flexibility index (Phi) is 7.15. The molecule has 202 valence electrons. The molecule has 1 N–H and O–H groups in total. The summed E-state index contributed by atoms with van der Waals surface area (Å²) in [5, 5.41) is 2.70. The van der Waals surface area contributed by atoms with Gasteiger partial charge in [-0.25, -0.2) is 8.42 Å². The summed E-state index contributed by atoms with van der Waals surface area (Å²) in [4.78, 5) is 40.7. The van der Waals surface area contributed by atoms with Crippen LogP contribution in [0.5, 0.6) is 5.75 Å². The summed E-state index contributed by atoms with van der Waals surface area (Å²) in [6, 6.07) is 10.6. The molecule has 2 saturated heterocycles. The number of amides is 2. The average Bonchev–Trinajstić information content (AvgIpc) is 2.92. The fraction of sp³-hybridized carbons (Fsp3) is 0.444. The van der Waals surface area contributed by atoms with Gasteiger partial charge >= 0.3 is 0 Å². The molecule has 3 aliphatic rings. The number of carbonyl (C=O) groups is 3. The molecule has 3 aliphatic heterocycles. The van der Waals surface area contributed by atoms with E-state index in [9.17, 15) is 22.8 Å². The minimum atomic E-state index is -3.85. The summed E-state index contributed by atoms with van der Waals surface area (Å²) in [6.07, 6.45) is 1.25. The minimum Gasteiger partial charge on any atom is -0.482 e. The number of piperidine rings is 1. The molecule has 10 nitrogen and oxygen atoms in total. The van der Waals surface area contributed by atoms with E-state index in [0.717, 1.165) is 5.69 Å². The first-order chi connectivity index (χ1) is 18.1. The first-order valence-electron chi connectivity index (χ1n) is 12.9. The average molecular weight is 541 g/mol. The zero-order chi connectivity index (χ0) is 27.0. The maximum Gasteiger partial charge on any atom is 0.262 e. The van der Waals surface area contributed by atoms with E-state index >= 15 is 0 Å². The largest absolute Gasteiger partial charge is 0.482 e. The molecule has 0 aliphatic carbocycles. The van der Waals surface area contributed by atoms with Crippen molar-refractivity contribution in [3.63, 3.8) is 0 Å². The van der Waals surface area contributed by atoms with Crippen molar-refractivity contribution in [3.05, 3.63) is 47.5 Å². The molecule has 2 aromatic rings. The van der Waals surface area contributed by atoms with Gasteiger partial charge in [0.25, 0.3) is 5.91 Å². The predicted molar refractivity (Wildman–Crippen MR) is 142 cm³/mol. The van der Waals surface area contributed by atoms with Gasteiger partial charge in [-0.2, -0.15) is 4.31 Å². The zero-order valence-corrected chi connectivity index (χ0v) is 22.4. The molecule has 2 amide bonds. The fourth-order valence-corrected chi connectivity index (χ4v) is 7.09. The molecule has 0 unspecified atom stereocenters. The highest BCUT2D eigenvalue weighted by Crippen LogP contribution is 2.35. The van der Waals surface area contributed by atoms with Crippen LogP contribution in [0.3, 0.4) is 0 Å². The van der Waals surface area contributed by atoms with Crippen molar-refractivity contribution >= 4 is 39.0 Å². The molecule has 0 spiro atoms. The molecule has 0 bridgehead atoms. The number of ketones is 1. The maximum atomic E-state index is 13.6. The molecular weight excluding hydrogens is 508 g/mol. The van der Waals surface area contributed by atoms with E-state index in [0.29, 0.717) is 68.1 Å². The second kappa shape index (κ2) is 10.4. The lowest BCUT2D eigenvalue weighted by Gasteiger charge is -2.39. The van der Waals surface area contributed by atoms with Gasteiger partial charge in [-0.15, -0.1) is 0 Å². The highest BCUT2D eigenvalue weighted by atomic mass is 32.2. The third-order valence-electron chi connectivity index (χ3n) is 7.49. The standard InChI is InChI=1S/C27H32N4O6S/c1-18-14-23-24(37-17-26(33)28-23)15-25(18)38(35,36)31-9-3-4-21(16-31)27(34)30-12-10-29(11-13-30)22-7-5-20(6-8-22)19(2)32/h5-8,14-15,21H,3-4,9-13,16-17H2,1-2H3,(H,28,33)/t21-/m0/s1. The van der Waals surface area contributed by atoms with E-state index in [4.69, 9.17) is 4.74 Å². The van der Waals surface area contributed by atoms with Crippen LogP contribution in [0, 0.1) is 12.8 Å². The Morgan fingerprint density at radius 2 is 1.74 bits per heavy atom. The zero-order valence-electron chi connectivity index (χ0n) is 21.6. The van der Waals surface area contributed by atoms with E-state index in [-0.39, 0.29) is 35.6 Å². The predicted octanol–water partition coefficient (Wildman–Crippen LogP) is 2.28. The number of piperazine rings is 1. The summed E-state index contributed by atoms with van der Waals surface area (Å²) in [6.45, 7) is 6.02. The van der Waals surface area contributed by atoms with Crippen LogP contribution in [0.25, 0.3) is 0 Å². The lowest BCUT2D eigenvalue weighted by Crippen LogP contribution is -2.53. The summed E-state index contributed by atoms with van der Waals surface area (Å²) in [7, 11) is -3.85. The highest BCUT2D eigenvalue weighted by Gasteiger charge is 2.37. The third kappa shape index (κ3) is 5.12. The van der Waals surface area contributed by atoms with Crippen molar-refractivity contribution in [1.82, 2.24) is 9.21 Å². The molecule has 2 fully saturated rings. The van der Waals surface area contributed by atoms with Crippen LogP contribution in [0.4, 0.5) is 11.4 Å². The summed E-state index contributed by atoms with van der Waals surface area (Å²) in [5.74, 6) is -0.332. The topological polar surface area (TPSA) is 116 Å². The van der Waals surface area contributed by atoms with Gasteiger partial charge in [-0.05, 0) is 62.6 Å². The van der Waals surface area contributed by atoms with Crippen molar-refractivity contribution in [2.24, 2.45) is 5.92 Å². The van der Waals surface area contributed by atoms with E-state index in [2.05, 4.69) is 10.2 Å². The number of Topliss-reactive ketones (excluding diaryl/α,β-unsaturated/α-hetero) is 1. The number of fused-ring (bicyclic) bond motifs is 1. The van der Waals surface area contributed by atoms with Crippen LogP contribution in [-0.2, 0) is 19.6 Å². The van der Waals surface area contributed by atoms with Crippen molar-refractivity contribution in [2.45, 2.75) is 31.6 Å². The lowest BCUT2D eigenvalue weighted by atomic mass is 9.97. The molecule has 1 atom stereocenters. The van der Waals surface area contributed by atoms with Gasteiger partial charge in [0.05, 0.1) is 16.5 Å². The molecule has 11 heteroatoms. The maximum absolute atomic E-state index is 13.6. The number of nitrogens with one attached hydrogen (secondary N) is 1. The van der Waals surface area contributed by atoms with E-state index in [1.807, 2.05) is 29.2 Å². The van der Waals surface area contributed by atoms with Crippen LogP contribution in [0.2, 0.25) is 0 Å². The molecule has 2 aromatic carbocycles. The number of hydrogen-bond acceptors (Lipinski definition) is 7.